The van der Waals surface area contributed by atoms with E-state index in [1.807, 2.05) is 18.3 Å². The fourth-order valence-electron chi connectivity index (χ4n) is 6.85. The quantitative estimate of drug-likeness (QED) is 0.193. The van der Waals surface area contributed by atoms with Crippen molar-refractivity contribution >= 4 is 57.7 Å². The fraction of sp³-hybridized carbons (Fsp3) is 0.333. The Morgan fingerprint density at radius 3 is 2.36 bits per heavy atom. The van der Waals surface area contributed by atoms with Crippen molar-refractivity contribution in [1.82, 2.24) is 15.3 Å². The van der Waals surface area contributed by atoms with Crippen LogP contribution in [-0.2, 0) is 6.54 Å². The average Bonchev–Trinajstić information content (AvgIpc) is 3.41. The average molecular weight is 496 g/mol. The highest BCUT2D eigenvalue weighted by Crippen LogP contribution is 2.45. The molecule has 2 N–H and O–H groups in total. The lowest BCUT2D eigenvalue weighted by Crippen LogP contribution is -2.50. The lowest BCUT2D eigenvalue weighted by atomic mass is 9.94. The van der Waals surface area contributed by atoms with Gasteiger partial charge in [0.25, 0.3) is 14.2 Å². The zero-order chi connectivity index (χ0) is 25.4. The molecule has 6 heteroatoms. The molecule has 1 aliphatic rings. The third kappa shape index (κ3) is 3.06. The molecule has 0 radical (unpaired) electrons. The first-order valence-electron chi connectivity index (χ1n) is 13.0. The fourth-order valence-corrected chi connectivity index (χ4v) is 12.1. The molecular weight excluding hydrogens is 462 g/mol. The van der Waals surface area contributed by atoms with Gasteiger partial charge in [0.05, 0.1) is 16.6 Å². The van der Waals surface area contributed by atoms with Crippen molar-refractivity contribution in [2.45, 2.75) is 64.7 Å². The Balaban J connectivity index is 1.66. The van der Waals surface area contributed by atoms with Crippen LogP contribution in [0.1, 0.15) is 57.5 Å². The Bertz CT molecular complexity index is 1660. The lowest BCUT2D eigenvalue weighted by molar-refractivity contribution is 0.0967. The molecule has 0 saturated heterocycles. The van der Waals surface area contributed by atoms with Gasteiger partial charge >= 0.3 is 0 Å². The Kier molecular flexibility index (Phi) is 5.16. The first-order valence-corrected chi connectivity index (χ1v) is 15.1. The van der Waals surface area contributed by atoms with E-state index in [9.17, 15) is 4.79 Å². The summed E-state index contributed by atoms with van der Waals surface area (Å²) in [7, 11) is -2.11. The summed E-state index contributed by atoms with van der Waals surface area (Å²) < 4.78 is 7.01. The largest absolute Gasteiger partial charge is 0.543 e. The number of carbonyl (C=O) groups excluding carboxylic acids is 1. The van der Waals surface area contributed by atoms with Gasteiger partial charge < -0.3 is 14.7 Å². The summed E-state index contributed by atoms with van der Waals surface area (Å²) in [6, 6.07) is 14.6. The predicted molar refractivity (Wildman–Crippen MR) is 151 cm³/mol. The maximum atomic E-state index is 13.2. The zero-order valence-electron chi connectivity index (χ0n) is 21.8. The lowest BCUT2D eigenvalue weighted by Gasteiger charge is -2.42. The summed E-state index contributed by atoms with van der Waals surface area (Å²) in [5.74, 6) is 0.872. The number of pyridine rings is 1. The van der Waals surface area contributed by atoms with Crippen molar-refractivity contribution in [3.8, 4) is 5.75 Å². The maximum absolute atomic E-state index is 13.2. The number of benzene rings is 3. The third-order valence-corrected chi connectivity index (χ3v) is 14.3. The van der Waals surface area contributed by atoms with Crippen LogP contribution < -0.4 is 9.74 Å². The highest BCUT2D eigenvalue weighted by atomic mass is 28.4. The Morgan fingerprint density at radius 2 is 1.64 bits per heavy atom. The number of H-pyrrole nitrogens is 1. The van der Waals surface area contributed by atoms with E-state index in [2.05, 4.69) is 82.2 Å². The number of rotatable bonds is 5. The molecule has 0 aliphatic carbocycles. The summed E-state index contributed by atoms with van der Waals surface area (Å²) >= 11 is 0. The van der Waals surface area contributed by atoms with E-state index in [0.29, 0.717) is 23.2 Å². The Morgan fingerprint density at radius 1 is 0.917 bits per heavy atom. The van der Waals surface area contributed by atoms with Gasteiger partial charge in [0.15, 0.2) is 0 Å². The number of nitrogens with zero attached hydrogens (tertiary/aromatic N) is 1. The maximum Gasteiger partial charge on any atom is 0.258 e. The van der Waals surface area contributed by atoms with E-state index < -0.39 is 8.32 Å². The van der Waals surface area contributed by atoms with Gasteiger partial charge in [0.2, 0.25) is 0 Å². The Hall–Kier alpha value is -3.38. The van der Waals surface area contributed by atoms with Gasteiger partial charge in [-0.15, -0.1) is 0 Å². The van der Waals surface area contributed by atoms with Crippen LogP contribution in [0.5, 0.6) is 5.75 Å². The number of hydrogen-bond donors (Lipinski definition) is 2. The van der Waals surface area contributed by atoms with Crippen LogP contribution in [0.2, 0.25) is 16.6 Å². The van der Waals surface area contributed by atoms with Gasteiger partial charge in [0.1, 0.15) is 5.75 Å². The summed E-state index contributed by atoms with van der Waals surface area (Å²) in [6.07, 6.45) is 1.93. The van der Waals surface area contributed by atoms with Crippen LogP contribution in [0.25, 0.3) is 43.5 Å². The normalized spacial score (nSPS) is 14.2. The summed E-state index contributed by atoms with van der Waals surface area (Å²) in [5, 5.41) is 8.31. The van der Waals surface area contributed by atoms with E-state index in [4.69, 9.17) is 9.41 Å². The van der Waals surface area contributed by atoms with Crippen LogP contribution in [0, 0.1) is 0 Å². The molecule has 2 aromatic heterocycles. The highest BCUT2D eigenvalue weighted by Gasteiger charge is 2.47. The van der Waals surface area contributed by atoms with Crippen molar-refractivity contribution in [3.05, 3.63) is 59.8 Å². The number of carbonyl (C=O) groups is 1. The van der Waals surface area contributed by atoms with Gasteiger partial charge in [0, 0.05) is 39.8 Å². The van der Waals surface area contributed by atoms with Crippen LogP contribution in [0.4, 0.5) is 0 Å². The summed E-state index contributed by atoms with van der Waals surface area (Å²) in [4.78, 5) is 21.7. The van der Waals surface area contributed by atoms with Crippen molar-refractivity contribution in [2.24, 2.45) is 0 Å². The van der Waals surface area contributed by atoms with Crippen molar-refractivity contribution in [2.75, 3.05) is 0 Å². The minimum atomic E-state index is -2.11. The first kappa shape index (κ1) is 23.0. The molecule has 0 atom stereocenters. The number of amides is 1. The van der Waals surface area contributed by atoms with Gasteiger partial charge in [-0.1, -0.05) is 65.8 Å². The number of nitrogens with one attached hydrogen (secondary N) is 2. The summed E-state index contributed by atoms with van der Waals surface area (Å²) in [5.41, 5.74) is 6.06. The molecule has 0 unspecified atom stereocenters. The molecule has 3 aromatic carbocycles. The van der Waals surface area contributed by atoms with Gasteiger partial charge in [-0.05, 0) is 45.8 Å². The molecular formula is C30H33N3O2Si. The molecule has 6 rings (SSSR count). The van der Waals surface area contributed by atoms with Crippen molar-refractivity contribution < 1.29 is 9.22 Å². The minimum absolute atomic E-state index is 0.0210. The van der Waals surface area contributed by atoms with E-state index in [1.165, 1.54) is 0 Å². The van der Waals surface area contributed by atoms with Crippen LogP contribution in [0.3, 0.4) is 0 Å². The number of hydrogen-bond acceptors (Lipinski definition) is 3. The molecule has 5 aromatic rings. The molecule has 0 fully saturated rings. The number of aromatic nitrogens is 2. The van der Waals surface area contributed by atoms with Crippen molar-refractivity contribution in [1.29, 1.82) is 0 Å². The second-order valence-corrected chi connectivity index (χ2v) is 16.5. The molecule has 1 amide bonds. The smallest absolute Gasteiger partial charge is 0.258 e. The van der Waals surface area contributed by atoms with Crippen LogP contribution >= 0.6 is 0 Å². The number of fused-ring (bicyclic) bond motifs is 10. The van der Waals surface area contributed by atoms with Gasteiger partial charge in [-0.2, -0.15) is 0 Å². The zero-order valence-corrected chi connectivity index (χ0v) is 22.8. The molecule has 5 nitrogen and oxygen atoms in total. The molecule has 0 saturated carbocycles. The molecule has 184 valence electrons. The SMILES string of the molecule is CC(C)[Si](Oc1ccc2[nH]c3c4ncc5ccccc5c4c4c(c3c2c1)C(=O)NC4)(C(C)C)C(C)C. The van der Waals surface area contributed by atoms with E-state index in [-0.39, 0.29) is 5.91 Å². The number of aromatic amines is 1. The van der Waals surface area contributed by atoms with Crippen molar-refractivity contribution in [3.63, 3.8) is 0 Å². The van der Waals surface area contributed by atoms with E-state index in [0.717, 1.165) is 60.4 Å². The van der Waals surface area contributed by atoms with Crippen LogP contribution in [-0.4, -0.2) is 24.2 Å². The monoisotopic (exact) mass is 495 g/mol. The molecule has 36 heavy (non-hydrogen) atoms. The second kappa shape index (κ2) is 8.07. The molecule has 0 bridgehead atoms. The predicted octanol–water partition coefficient (Wildman–Crippen LogP) is 7.82. The van der Waals surface area contributed by atoms with Crippen LogP contribution in [0.15, 0.2) is 48.7 Å². The highest BCUT2D eigenvalue weighted by molar-refractivity contribution is 6.78. The Labute approximate surface area is 212 Å². The third-order valence-electron chi connectivity index (χ3n) is 8.31. The molecule has 1 aliphatic heterocycles. The minimum Gasteiger partial charge on any atom is -0.543 e. The van der Waals surface area contributed by atoms with E-state index in [1.54, 1.807) is 0 Å². The second-order valence-electron chi connectivity index (χ2n) is 11.1. The van der Waals surface area contributed by atoms with Gasteiger partial charge in [-0.3, -0.25) is 9.78 Å². The molecule has 0 spiro atoms. The first-order chi connectivity index (χ1) is 17.2. The standard InChI is InChI=1S/C30H33N3O2Si/c1-16(2)36(17(3)4,18(5)6)35-20-11-12-24-22(13-20)26-27-23(15-32-30(27)34)25-21-10-8-7-9-19(21)14-31-28(25)29(26)33-24/h7-14,16-18,33H,15H2,1-6H3,(H,32,34). The topological polar surface area (TPSA) is 67.0 Å². The summed E-state index contributed by atoms with van der Waals surface area (Å²) in [6.45, 7) is 14.3. The van der Waals surface area contributed by atoms with Gasteiger partial charge in [-0.25, -0.2) is 0 Å². The molecule has 3 heterocycles. The van der Waals surface area contributed by atoms with E-state index >= 15 is 0 Å².